The first-order chi connectivity index (χ1) is 15.6. The number of aryl methyl sites for hydroxylation is 1. The number of hydrogen-bond donors (Lipinski definition) is 0. The van der Waals surface area contributed by atoms with Gasteiger partial charge in [0.25, 0.3) is 0 Å². The van der Waals surface area contributed by atoms with Gasteiger partial charge >= 0.3 is 0 Å². The molecule has 0 heterocycles. The standard InChI is InChI=1S/C28H51NO2S/c1-4-7-8-9-10-11-12-13-14-15-16-17-18-19-20-21-22-27-23-25-28(26-24-27)32(30,31)29(5-2)6-3/h23-26H,4-22H2,1-3H3. The maximum atomic E-state index is 12.5. The van der Waals surface area contributed by atoms with E-state index in [0.29, 0.717) is 18.0 Å². The SMILES string of the molecule is CCCCCCCCCCCCCCCCCCc1ccc(S(=O)(=O)N(CC)CC)cc1. The summed E-state index contributed by atoms with van der Waals surface area (Å²) >= 11 is 0. The second-order valence-electron chi connectivity index (χ2n) is 9.29. The fourth-order valence-corrected chi connectivity index (χ4v) is 5.88. The second kappa shape index (κ2) is 18.5. The number of sulfonamides is 1. The number of hydrogen-bond acceptors (Lipinski definition) is 2. The van der Waals surface area contributed by atoms with E-state index in [9.17, 15) is 8.42 Å². The van der Waals surface area contributed by atoms with Gasteiger partial charge in [0.15, 0.2) is 0 Å². The lowest BCUT2D eigenvalue weighted by molar-refractivity contribution is 0.445. The van der Waals surface area contributed by atoms with Crippen molar-refractivity contribution >= 4 is 10.0 Å². The van der Waals surface area contributed by atoms with Gasteiger partial charge in [0, 0.05) is 13.1 Å². The molecule has 32 heavy (non-hydrogen) atoms. The predicted molar refractivity (Wildman–Crippen MR) is 140 cm³/mol. The molecule has 0 spiro atoms. The van der Waals surface area contributed by atoms with E-state index in [4.69, 9.17) is 0 Å². The minimum atomic E-state index is -3.34. The van der Waals surface area contributed by atoms with Crippen LogP contribution in [0.4, 0.5) is 0 Å². The second-order valence-corrected chi connectivity index (χ2v) is 11.2. The Labute approximate surface area is 200 Å². The van der Waals surface area contributed by atoms with Gasteiger partial charge in [-0.3, -0.25) is 0 Å². The largest absolute Gasteiger partial charge is 0.243 e. The lowest BCUT2D eigenvalue weighted by Gasteiger charge is -2.18. The van der Waals surface area contributed by atoms with E-state index in [1.54, 1.807) is 12.1 Å². The molecular weight excluding hydrogens is 414 g/mol. The van der Waals surface area contributed by atoms with Crippen molar-refractivity contribution in [2.75, 3.05) is 13.1 Å². The van der Waals surface area contributed by atoms with E-state index in [-0.39, 0.29) is 0 Å². The molecule has 0 aliphatic carbocycles. The number of benzene rings is 1. The third-order valence-electron chi connectivity index (χ3n) is 6.59. The Morgan fingerprint density at radius 1 is 0.562 bits per heavy atom. The van der Waals surface area contributed by atoms with Gasteiger partial charge in [-0.15, -0.1) is 0 Å². The van der Waals surface area contributed by atoms with Crippen molar-refractivity contribution in [3.63, 3.8) is 0 Å². The molecule has 0 aromatic heterocycles. The van der Waals surface area contributed by atoms with Crippen LogP contribution >= 0.6 is 0 Å². The van der Waals surface area contributed by atoms with E-state index in [0.717, 1.165) is 6.42 Å². The Morgan fingerprint density at radius 3 is 1.31 bits per heavy atom. The summed E-state index contributed by atoms with van der Waals surface area (Å²) in [4.78, 5) is 0.414. The fraction of sp³-hybridized carbons (Fsp3) is 0.786. The molecule has 0 N–H and O–H groups in total. The summed E-state index contributed by atoms with van der Waals surface area (Å²) in [5.74, 6) is 0. The topological polar surface area (TPSA) is 37.4 Å². The van der Waals surface area contributed by atoms with Crippen LogP contribution in [0.2, 0.25) is 0 Å². The quantitative estimate of drug-likeness (QED) is 0.171. The minimum absolute atomic E-state index is 0.414. The Bertz CT molecular complexity index is 651. The molecule has 0 bridgehead atoms. The summed E-state index contributed by atoms with van der Waals surface area (Å²) in [5.41, 5.74) is 1.24. The molecule has 0 saturated heterocycles. The first-order valence-electron chi connectivity index (χ1n) is 13.6. The van der Waals surface area contributed by atoms with Crippen molar-refractivity contribution in [3.8, 4) is 0 Å². The highest BCUT2D eigenvalue weighted by Gasteiger charge is 2.20. The maximum Gasteiger partial charge on any atom is 0.243 e. The Morgan fingerprint density at radius 2 is 0.938 bits per heavy atom. The van der Waals surface area contributed by atoms with Gasteiger partial charge in [-0.1, -0.05) is 129 Å². The van der Waals surface area contributed by atoms with Crippen molar-refractivity contribution in [3.05, 3.63) is 29.8 Å². The molecule has 0 aliphatic rings. The molecule has 4 heteroatoms. The zero-order chi connectivity index (χ0) is 23.5. The number of rotatable bonds is 21. The zero-order valence-corrected chi connectivity index (χ0v) is 22.2. The van der Waals surface area contributed by atoms with E-state index in [2.05, 4.69) is 6.92 Å². The molecule has 0 aliphatic heterocycles. The third-order valence-corrected chi connectivity index (χ3v) is 8.65. The molecule has 0 amide bonds. The molecule has 3 nitrogen and oxygen atoms in total. The summed E-state index contributed by atoms with van der Waals surface area (Å²) < 4.78 is 26.6. The lowest BCUT2D eigenvalue weighted by atomic mass is 10.0. The van der Waals surface area contributed by atoms with Crippen LogP contribution in [0, 0.1) is 0 Å². The average molecular weight is 466 g/mol. The van der Waals surface area contributed by atoms with Crippen LogP contribution in [-0.4, -0.2) is 25.8 Å². The van der Waals surface area contributed by atoms with Gasteiger partial charge in [0.1, 0.15) is 0 Å². The Balaban J connectivity index is 2.00. The van der Waals surface area contributed by atoms with Crippen molar-refractivity contribution < 1.29 is 8.42 Å². The van der Waals surface area contributed by atoms with Crippen molar-refractivity contribution in [1.29, 1.82) is 0 Å². The predicted octanol–water partition coefficient (Wildman–Crippen LogP) is 8.52. The first-order valence-corrected chi connectivity index (χ1v) is 15.1. The van der Waals surface area contributed by atoms with Crippen LogP contribution in [0.25, 0.3) is 0 Å². The molecule has 0 atom stereocenters. The highest BCUT2D eigenvalue weighted by atomic mass is 32.2. The van der Waals surface area contributed by atoms with Gasteiger partial charge in [0.05, 0.1) is 4.90 Å². The van der Waals surface area contributed by atoms with Crippen molar-refractivity contribution in [2.45, 2.75) is 135 Å². The van der Waals surface area contributed by atoms with Crippen LogP contribution in [-0.2, 0) is 16.4 Å². The monoisotopic (exact) mass is 465 g/mol. The van der Waals surface area contributed by atoms with Crippen LogP contribution in [0.15, 0.2) is 29.2 Å². The Hall–Kier alpha value is -0.870. The van der Waals surface area contributed by atoms with Crippen LogP contribution in [0.5, 0.6) is 0 Å². The van der Waals surface area contributed by atoms with E-state index in [1.807, 2.05) is 26.0 Å². The molecule has 0 saturated carbocycles. The van der Waals surface area contributed by atoms with Gasteiger partial charge in [0.2, 0.25) is 10.0 Å². The average Bonchev–Trinajstić information content (AvgIpc) is 2.79. The highest BCUT2D eigenvalue weighted by Crippen LogP contribution is 2.18. The summed E-state index contributed by atoms with van der Waals surface area (Å²) in [6, 6.07) is 7.52. The van der Waals surface area contributed by atoms with Gasteiger partial charge in [-0.2, -0.15) is 4.31 Å². The smallest absolute Gasteiger partial charge is 0.207 e. The van der Waals surface area contributed by atoms with Gasteiger partial charge in [-0.05, 0) is 30.5 Å². The summed E-state index contributed by atoms with van der Waals surface area (Å²) in [6.45, 7) is 7.07. The molecule has 0 radical (unpaired) electrons. The minimum Gasteiger partial charge on any atom is -0.207 e. The third kappa shape index (κ3) is 12.4. The summed E-state index contributed by atoms with van der Waals surface area (Å²) in [7, 11) is -3.34. The molecule has 1 aromatic rings. The summed E-state index contributed by atoms with van der Waals surface area (Å²) in [5, 5.41) is 0. The normalized spacial score (nSPS) is 12.0. The molecule has 186 valence electrons. The molecular formula is C28H51NO2S. The molecule has 1 rings (SSSR count). The fourth-order valence-electron chi connectivity index (χ4n) is 4.42. The number of nitrogens with zero attached hydrogens (tertiary/aromatic N) is 1. The molecule has 0 fully saturated rings. The molecule has 1 aromatic carbocycles. The van der Waals surface area contributed by atoms with Crippen molar-refractivity contribution in [1.82, 2.24) is 4.31 Å². The maximum absolute atomic E-state index is 12.5. The van der Waals surface area contributed by atoms with Crippen molar-refractivity contribution in [2.24, 2.45) is 0 Å². The lowest BCUT2D eigenvalue weighted by Crippen LogP contribution is -2.30. The molecule has 0 unspecified atom stereocenters. The summed E-state index contributed by atoms with van der Waals surface area (Å²) in [6.07, 6.45) is 23.2. The first kappa shape index (κ1) is 29.2. The van der Waals surface area contributed by atoms with E-state index < -0.39 is 10.0 Å². The highest BCUT2D eigenvalue weighted by molar-refractivity contribution is 7.89. The van der Waals surface area contributed by atoms with Crippen LogP contribution < -0.4 is 0 Å². The van der Waals surface area contributed by atoms with Crippen LogP contribution in [0.3, 0.4) is 0 Å². The number of unbranched alkanes of at least 4 members (excludes halogenated alkanes) is 15. The zero-order valence-electron chi connectivity index (χ0n) is 21.4. The van der Waals surface area contributed by atoms with Gasteiger partial charge in [-0.25, -0.2) is 8.42 Å². The van der Waals surface area contributed by atoms with Gasteiger partial charge < -0.3 is 0 Å². The van der Waals surface area contributed by atoms with E-state index >= 15 is 0 Å². The van der Waals surface area contributed by atoms with E-state index in [1.165, 1.54) is 113 Å². The van der Waals surface area contributed by atoms with Crippen LogP contribution in [0.1, 0.15) is 129 Å². The Kier molecular flexibility index (Phi) is 16.9.